The van der Waals surface area contributed by atoms with Crippen LogP contribution in [-0.2, 0) is 11.3 Å². The third kappa shape index (κ3) is 3.54. The second-order valence-electron chi connectivity index (χ2n) is 5.44. The number of imidazole rings is 1. The van der Waals surface area contributed by atoms with E-state index in [1.807, 2.05) is 18.2 Å². The molecule has 1 aliphatic heterocycles. The Morgan fingerprint density at radius 3 is 3.19 bits per heavy atom. The van der Waals surface area contributed by atoms with Crippen molar-refractivity contribution in [1.82, 2.24) is 20.6 Å². The average molecular weight is 307 g/mol. The quantitative estimate of drug-likeness (QED) is 0.814. The first kappa shape index (κ1) is 14.4. The number of aromatic nitrogens is 2. The predicted octanol–water partition coefficient (Wildman–Crippen LogP) is 2.22. The van der Waals surface area contributed by atoms with Crippen LogP contribution in [0.4, 0.5) is 0 Å². The van der Waals surface area contributed by atoms with Crippen molar-refractivity contribution in [3.8, 4) is 0 Å². The molecule has 1 saturated heterocycles. The van der Waals surface area contributed by atoms with Gasteiger partial charge in [-0.2, -0.15) is 0 Å². The Balaban J connectivity index is 1.61. The van der Waals surface area contributed by atoms with Crippen molar-refractivity contribution in [2.45, 2.75) is 25.8 Å². The van der Waals surface area contributed by atoms with Gasteiger partial charge in [-0.15, -0.1) is 0 Å². The fourth-order valence-electron chi connectivity index (χ4n) is 2.71. The molecule has 112 valence electrons. The molecular weight excluding hydrogens is 288 g/mol. The summed E-state index contributed by atoms with van der Waals surface area (Å²) in [5.41, 5.74) is 1.76. The van der Waals surface area contributed by atoms with Crippen LogP contribution >= 0.6 is 11.6 Å². The van der Waals surface area contributed by atoms with Gasteiger partial charge >= 0.3 is 0 Å². The summed E-state index contributed by atoms with van der Waals surface area (Å²) in [7, 11) is 0. The lowest BCUT2D eigenvalue weighted by Gasteiger charge is -2.12. The number of carbonyl (C=O) groups excluding carboxylic acids is 1. The van der Waals surface area contributed by atoms with E-state index in [1.165, 1.54) is 0 Å². The topological polar surface area (TPSA) is 69.8 Å². The van der Waals surface area contributed by atoms with Gasteiger partial charge in [-0.1, -0.05) is 11.6 Å². The van der Waals surface area contributed by atoms with Crippen molar-refractivity contribution in [1.29, 1.82) is 0 Å². The highest BCUT2D eigenvalue weighted by Gasteiger charge is 2.19. The number of halogens is 1. The molecule has 1 aromatic heterocycles. The summed E-state index contributed by atoms with van der Waals surface area (Å²) < 4.78 is 0. The number of hydrogen-bond acceptors (Lipinski definition) is 3. The van der Waals surface area contributed by atoms with Crippen LogP contribution in [0.2, 0.25) is 5.02 Å². The van der Waals surface area contributed by atoms with E-state index in [2.05, 4.69) is 20.6 Å². The van der Waals surface area contributed by atoms with Crippen molar-refractivity contribution >= 4 is 28.5 Å². The third-order valence-corrected chi connectivity index (χ3v) is 4.10. The molecule has 0 radical (unpaired) electrons. The fraction of sp³-hybridized carbons (Fsp3) is 0.467. The summed E-state index contributed by atoms with van der Waals surface area (Å²) in [4.78, 5) is 19.8. The number of H-pyrrole nitrogens is 1. The molecule has 2 heterocycles. The minimum atomic E-state index is 0.110. The molecule has 6 heteroatoms. The van der Waals surface area contributed by atoms with E-state index in [4.69, 9.17) is 11.6 Å². The maximum Gasteiger partial charge on any atom is 0.223 e. The van der Waals surface area contributed by atoms with Crippen LogP contribution in [0, 0.1) is 5.92 Å². The number of carbonyl (C=O) groups is 1. The largest absolute Gasteiger partial charge is 0.349 e. The highest BCUT2D eigenvalue weighted by Crippen LogP contribution is 2.17. The number of benzene rings is 1. The lowest BCUT2D eigenvalue weighted by molar-refractivity contribution is -0.125. The number of rotatable bonds is 3. The molecule has 0 aliphatic carbocycles. The Kier molecular flexibility index (Phi) is 4.41. The average Bonchev–Trinajstić information content (AvgIpc) is 2.69. The van der Waals surface area contributed by atoms with E-state index < -0.39 is 0 Å². The van der Waals surface area contributed by atoms with Crippen molar-refractivity contribution < 1.29 is 4.79 Å². The highest BCUT2D eigenvalue weighted by molar-refractivity contribution is 6.31. The van der Waals surface area contributed by atoms with Gasteiger partial charge in [0, 0.05) is 10.9 Å². The van der Waals surface area contributed by atoms with E-state index in [9.17, 15) is 4.79 Å². The Hall–Kier alpha value is -1.59. The number of fused-ring (bicyclic) bond motifs is 1. The summed E-state index contributed by atoms with van der Waals surface area (Å²) in [5, 5.41) is 6.97. The maximum absolute atomic E-state index is 12.2. The molecule has 1 aliphatic rings. The predicted molar refractivity (Wildman–Crippen MR) is 83.2 cm³/mol. The maximum atomic E-state index is 12.2. The van der Waals surface area contributed by atoms with Gasteiger partial charge in [-0.05, 0) is 50.6 Å². The summed E-state index contributed by atoms with van der Waals surface area (Å²) in [6.07, 6.45) is 2.91. The lowest BCUT2D eigenvalue weighted by atomic mass is 10.00. The zero-order valence-corrected chi connectivity index (χ0v) is 12.5. The van der Waals surface area contributed by atoms with E-state index in [1.54, 1.807) is 0 Å². The van der Waals surface area contributed by atoms with Gasteiger partial charge < -0.3 is 15.6 Å². The SMILES string of the molecule is O=C(NCc1nc2ccc(Cl)cc2[nH]1)[C@@H]1CCCNCC1. The molecule has 3 rings (SSSR count). The van der Waals surface area contributed by atoms with Gasteiger partial charge in [0.25, 0.3) is 0 Å². The van der Waals surface area contributed by atoms with Crippen molar-refractivity contribution in [2.75, 3.05) is 13.1 Å². The molecule has 0 saturated carbocycles. The smallest absolute Gasteiger partial charge is 0.223 e. The molecule has 0 bridgehead atoms. The molecule has 1 amide bonds. The van der Waals surface area contributed by atoms with Crippen molar-refractivity contribution in [2.24, 2.45) is 5.92 Å². The van der Waals surface area contributed by atoms with Crippen molar-refractivity contribution in [3.63, 3.8) is 0 Å². The third-order valence-electron chi connectivity index (χ3n) is 3.87. The number of amides is 1. The lowest BCUT2D eigenvalue weighted by Crippen LogP contribution is -2.31. The second kappa shape index (κ2) is 6.45. The minimum Gasteiger partial charge on any atom is -0.349 e. The van der Waals surface area contributed by atoms with Crippen molar-refractivity contribution in [3.05, 3.63) is 29.0 Å². The van der Waals surface area contributed by atoms with Crippen LogP contribution < -0.4 is 10.6 Å². The molecule has 2 aromatic rings. The monoisotopic (exact) mass is 306 g/mol. The molecule has 0 spiro atoms. The minimum absolute atomic E-state index is 0.110. The highest BCUT2D eigenvalue weighted by atomic mass is 35.5. The first-order valence-corrected chi connectivity index (χ1v) is 7.73. The van der Waals surface area contributed by atoms with Gasteiger partial charge in [-0.25, -0.2) is 4.98 Å². The molecule has 21 heavy (non-hydrogen) atoms. The molecule has 1 aromatic carbocycles. The van der Waals surface area contributed by atoms with Crippen LogP contribution in [0.1, 0.15) is 25.1 Å². The standard InChI is InChI=1S/C15H19ClN4O/c16-11-3-4-12-13(8-11)20-14(19-12)9-18-15(21)10-2-1-6-17-7-5-10/h3-4,8,10,17H,1-2,5-7,9H2,(H,18,21)(H,19,20)/t10-/m1/s1. The molecule has 1 fully saturated rings. The zero-order valence-electron chi connectivity index (χ0n) is 11.8. The normalized spacial score (nSPS) is 19.4. The number of nitrogens with zero attached hydrogens (tertiary/aromatic N) is 1. The first-order valence-electron chi connectivity index (χ1n) is 7.35. The number of hydrogen-bond donors (Lipinski definition) is 3. The number of aromatic amines is 1. The zero-order chi connectivity index (χ0) is 14.7. The first-order chi connectivity index (χ1) is 10.2. The van der Waals surface area contributed by atoms with Crippen LogP contribution in [0.3, 0.4) is 0 Å². The molecule has 0 unspecified atom stereocenters. The Labute approximate surface area is 128 Å². The molecule has 1 atom stereocenters. The van der Waals surface area contributed by atoms with Gasteiger partial charge in [0.05, 0.1) is 17.6 Å². The van der Waals surface area contributed by atoms with Crippen LogP contribution in [-0.4, -0.2) is 29.0 Å². The molecular formula is C15H19ClN4O. The van der Waals surface area contributed by atoms with Gasteiger partial charge in [0.15, 0.2) is 0 Å². The van der Waals surface area contributed by atoms with Crippen LogP contribution in [0.15, 0.2) is 18.2 Å². The number of nitrogens with one attached hydrogen (secondary N) is 3. The van der Waals surface area contributed by atoms with Crippen LogP contribution in [0.5, 0.6) is 0 Å². The molecule has 3 N–H and O–H groups in total. The summed E-state index contributed by atoms with van der Waals surface area (Å²) in [6, 6.07) is 5.52. The van der Waals surface area contributed by atoms with Crippen LogP contribution in [0.25, 0.3) is 11.0 Å². The fourth-order valence-corrected chi connectivity index (χ4v) is 2.89. The van der Waals surface area contributed by atoms with Gasteiger partial charge in [0.2, 0.25) is 5.91 Å². The van der Waals surface area contributed by atoms with E-state index >= 15 is 0 Å². The summed E-state index contributed by atoms with van der Waals surface area (Å²) in [6.45, 7) is 2.35. The van der Waals surface area contributed by atoms with E-state index in [0.29, 0.717) is 11.6 Å². The Morgan fingerprint density at radius 1 is 1.38 bits per heavy atom. The Bertz CT molecular complexity index is 632. The van der Waals surface area contributed by atoms with E-state index in [0.717, 1.165) is 49.2 Å². The van der Waals surface area contributed by atoms with Gasteiger partial charge in [-0.3, -0.25) is 4.79 Å². The Morgan fingerprint density at radius 2 is 2.29 bits per heavy atom. The second-order valence-corrected chi connectivity index (χ2v) is 5.88. The summed E-state index contributed by atoms with van der Waals surface area (Å²) >= 11 is 5.95. The van der Waals surface area contributed by atoms with E-state index in [-0.39, 0.29) is 11.8 Å². The van der Waals surface area contributed by atoms with Gasteiger partial charge in [0.1, 0.15) is 5.82 Å². The summed E-state index contributed by atoms with van der Waals surface area (Å²) in [5.74, 6) is 0.989. The molecule has 5 nitrogen and oxygen atoms in total.